The van der Waals surface area contributed by atoms with Gasteiger partial charge in [0.15, 0.2) is 0 Å². The maximum absolute atomic E-state index is 6.17. The Morgan fingerprint density at radius 3 is 2.28 bits per heavy atom. The van der Waals surface area contributed by atoms with Gasteiger partial charge in [-0.15, -0.1) is 0 Å². The minimum absolute atomic E-state index is 0.375. The highest BCUT2D eigenvalue weighted by atomic mass is 35.5. The zero-order valence-electron chi connectivity index (χ0n) is 16.0. The quantitative estimate of drug-likeness (QED) is 0.425. The van der Waals surface area contributed by atoms with E-state index in [1.807, 2.05) is 42.5 Å². The van der Waals surface area contributed by atoms with Crippen molar-refractivity contribution in [3.8, 4) is 11.5 Å². The van der Waals surface area contributed by atoms with Crippen molar-refractivity contribution in [1.29, 1.82) is 0 Å². The molecule has 0 aliphatic rings. The first kappa shape index (κ1) is 21.4. The van der Waals surface area contributed by atoms with E-state index in [0.717, 1.165) is 35.6 Å². The van der Waals surface area contributed by atoms with E-state index in [4.69, 9.17) is 44.9 Å². The van der Waals surface area contributed by atoms with Crippen LogP contribution in [0.1, 0.15) is 16.7 Å². The van der Waals surface area contributed by atoms with Crippen LogP contribution in [0, 0.1) is 0 Å². The van der Waals surface area contributed by atoms with Crippen LogP contribution in [0.4, 0.5) is 0 Å². The molecule has 1 N–H and O–H groups in total. The highest BCUT2D eigenvalue weighted by molar-refractivity contribution is 7.80. The zero-order valence-corrected chi connectivity index (χ0v) is 18.3. The Labute approximate surface area is 186 Å². The molecule has 3 nitrogen and oxygen atoms in total. The van der Waals surface area contributed by atoms with Crippen LogP contribution in [0.3, 0.4) is 0 Å². The molecule has 0 aromatic heterocycles. The number of rotatable bonds is 8. The lowest BCUT2D eigenvalue weighted by atomic mass is 10.1. The maximum atomic E-state index is 6.17. The number of halogens is 2. The van der Waals surface area contributed by atoms with Crippen molar-refractivity contribution >= 4 is 40.4 Å². The smallest absolute Gasteiger partial charge is 0.119 e. The van der Waals surface area contributed by atoms with Crippen molar-refractivity contribution in [2.75, 3.05) is 13.7 Å². The molecule has 3 rings (SSSR count). The van der Waals surface area contributed by atoms with Crippen molar-refractivity contribution in [3.63, 3.8) is 0 Å². The minimum Gasteiger partial charge on any atom is -0.497 e. The number of hydrogen-bond donors (Lipinski definition) is 1. The lowest BCUT2D eigenvalue weighted by Gasteiger charge is -2.11. The fourth-order valence-electron chi connectivity index (χ4n) is 2.72. The van der Waals surface area contributed by atoms with Crippen molar-refractivity contribution in [2.45, 2.75) is 13.0 Å². The first-order chi connectivity index (χ1) is 14.0. The summed E-state index contributed by atoms with van der Waals surface area (Å²) < 4.78 is 11.0. The van der Waals surface area contributed by atoms with Crippen molar-refractivity contribution in [3.05, 3.63) is 93.5 Å². The third-order valence-corrected chi connectivity index (χ3v) is 5.35. The number of benzene rings is 3. The summed E-state index contributed by atoms with van der Waals surface area (Å²) in [5.41, 5.74) is 3.06. The molecule has 6 heteroatoms. The molecule has 3 aromatic carbocycles. The molecule has 0 bridgehead atoms. The summed E-state index contributed by atoms with van der Waals surface area (Å²) in [4.78, 5) is 0.714. The zero-order chi connectivity index (χ0) is 20.6. The second-order valence-corrected chi connectivity index (χ2v) is 7.65. The molecule has 0 saturated carbocycles. The highest BCUT2D eigenvalue weighted by Gasteiger charge is 2.05. The molecular weight excluding hydrogens is 425 g/mol. The molecule has 0 radical (unpaired) electrons. The van der Waals surface area contributed by atoms with Crippen molar-refractivity contribution in [1.82, 2.24) is 5.32 Å². The molecule has 0 aliphatic heterocycles. The van der Waals surface area contributed by atoms with Crippen LogP contribution in [0.5, 0.6) is 11.5 Å². The van der Waals surface area contributed by atoms with E-state index in [1.165, 1.54) is 5.56 Å². The van der Waals surface area contributed by atoms with Crippen LogP contribution < -0.4 is 14.8 Å². The average Bonchev–Trinajstić information content (AvgIpc) is 2.74. The van der Waals surface area contributed by atoms with Gasteiger partial charge >= 0.3 is 0 Å². The molecule has 0 saturated heterocycles. The minimum atomic E-state index is 0.375. The van der Waals surface area contributed by atoms with Crippen LogP contribution >= 0.6 is 35.4 Å². The highest BCUT2D eigenvalue weighted by Crippen LogP contribution is 2.23. The Kier molecular flexibility index (Phi) is 7.76. The number of ether oxygens (including phenoxy) is 2. The van der Waals surface area contributed by atoms with Gasteiger partial charge in [-0.05, 0) is 60.5 Å². The third-order valence-electron chi connectivity index (χ3n) is 4.38. The van der Waals surface area contributed by atoms with Gasteiger partial charge in [0.25, 0.3) is 0 Å². The average molecular weight is 446 g/mol. The van der Waals surface area contributed by atoms with Gasteiger partial charge in [-0.1, -0.05) is 53.6 Å². The molecular formula is C23H21Cl2NO2S. The van der Waals surface area contributed by atoms with Gasteiger partial charge in [-0.25, -0.2) is 0 Å². The Bertz CT molecular complexity index is 960. The first-order valence-electron chi connectivity index (χ1n) is 9.13. The number of thiocarbonyl (C=S) groups is 1. The summed E-state index contributed by atoms with van der Waals surface area (Å²) >= 11 is 17.6. The van der Waals surface area contributed by atoms with Gasteiger partial charge in [0.2, 0.25) is 0 Å². The summed E-state index contributed by atoms with van der Waals surface area (Å²) in [5.74, 6) is 1.61. The van der Waals surface area contributed by atoms with Gasteiger partial charge in [0, 0.05) is 27.7 Å². The number of nitrogens with one attached hydrogen (secondary N) is 1. The lowest BCUT2D eigenvalue weighted by molar-refractivity contribution is 0.306. The van der Waals surface area contributed by atoms with Gasteiger partial charge in [-0.3, -0.25) is 0 Å². The predicted molar refractivity (Wildman–Crippen MR) is 124 cm³/mol. The van der Waals surface area contributed by atoms with Crippen molar-refractivity contribution in [2.24, 2.45) is 0 Å². The van der Waals surface area contributed by atoms with E-state index in [2.05, 4.69) is 17.4 Å². The predicted octanol–water partition coefficient (Wildman–Crippen LogP) is 6.09. The second kappa shape index (κ2) is 10.5. The largest absolute Gasteiger partial charge is 0.497 e. The SMILES string of the molecule is COc1ccc(CCNC(=S)c2ccc(OCc3ccc(Cl)cc3Cl)cc2)cc1. The van der Waals surface area contributed by atoms with E-state index < -0.39 is 0 Å². The summed E-state index contributed by atoms with van der Waals surface area (Å²) in [7, 11) is 1.66. The Morgan fingerprint density at radius 1 is 0.931 bits per heavy atom. The Morgan fingerprint density at radius 2 is 1.62 bits per heavy atom. The normalized spacial score (nSPS) is 10.4. The summed E-state index contributed by atoms with van der Waals surface area (Å²) in [5, 5.41) is 4.50. The van der Waals surface area contributed by atoms with E-state index >= 15 is 0 Å². The van der Waals surface area contributed by atoms with E-state index in [-0.39, 0.29) is 0 Å². The molecule has 0 unspecified atom stereocenters. The van der Waals surface area contributed by atoms with Gasteiger partial charge in [-0.2, -0.15) is 0 Å². The molecule has 29 heavy (non-hydrogen) atoms. The fraction of sp³-hybridized carbons (Fsp3) is 0.174. The second-order valence-electron chi connectivity index (χ2n) is 6.40. The molecule has 0 amide bonds. The third kappa shape index (κ3) is 6.36. The number of methoxy groups -OCH3 is 1. The Hall–Kier alpha value is -2.27. The lowest BCUT2D eigenvalue weighted by Crippen LogP contribution is -2.24. The van der Waals surface area contributed by atoms with Crippen LogP contribution in [-0.4, -0.2) is 18.6 Å². The van der Waals surface area contributed by atoms with Gasteiger partial charge in [0.05, 0.1) is 7.11 Å². The van der Waals surface area contributed by atoms with Gasteiger partial charge in [0.1, 0.15) is 23.1 Å². The summed E-state index contributed by atoms with van der Waals surface area (Å²) in [6, 6.07) is 21.1. The molecule has 0 spiro atoms. The van der Waals surface area contributed by atoms with E-state index in [0.29, 0.717) is 21.6 Å². The summed E-state index contributed by atoms with van der Waals surface area (Å²) in [6.45, 7) is 1.14. The monoisotopic (exact) mass is 445 g/mol. The topological polar surface area (TPSA) is 30.5 Å². The van der Waals surface area contributed by atoms with E-state index in [1.54, 1.807) is 19.2 Å². The van der Waals surface area contributed by atoms with Crippen LogP contribution in [0.25, 0.3) is 0 Å². The van der Waals surface area contributed by atoms with E-state index in [9.17, 15) is 0 Å². The Balaban J connectivity index is 1.47. The van der Waals surface area contributed by atoms with Gasteiger partial charge < -0.3 is 14.8 Å². The van der Waals surface area contributed by atoms with Crippen molar-refractivity contribution < 1.29 is 9.47 Å². The molecule has 3 aromatic rings. The van der Waals surface area contributed by atoms with Crippen LogP contribution in [0.2, 0.25) is 10.0 Å². The fourth-order valence-corrected chi connectivity index (χ4v) is 3.42. The molecule has 0 aliphatic carbocycles. The maximum Gasteiger partial charge on any atom is 0.119 e. The summed E-state index contributed by atoms with van der Waals surface area (Å²) in [6.07, 6.45) is 0.882. The standard InChI is InChI=1S/C23H21Cl2NO2S/c1-27-20-8-2-16(3-9-20)12-13-26-23(29)17-5-10-21(11-6-17)28-15-18-4-7-19(24)14-22(18)25/h2-11,14H,12-13,15H2,1H3,(H,26,29). The molecule has 0 atom stereocenters. The van der Waals surface area contributed by atoms with Crippen LogP contribution in [0.15, 0.2) is 66.7 Å². The molecule has 0 heterocycles. The molecule has 150 valence electrons. The molecule has 0 fully saturated rings. The number of hydrogen-bond acceptors (Lipinski definition) is 3. The first-order valence-corrected chi connectivity index (χ1v) is 10.3. The van der Waals surface area contributed by atoms with Crippen LogP contribution in [-0.2, 0) is 13.0 Å².